The summed E-state index contributed by atoms with van der Waals surface area (Å²) in [6, 6.07) is 4.01. The first-order valence-electron chi connectivity index (χ1n) is 11.8. The van der Waals surface area contributed by atoms with E-state index in [4.69, 9.17) is 5.73 Å². The number of esters is 1. The van der Waals surface area contributed by atoms with Gasteiger partial charge in [-0.25, -0.2) is 4.79 Å². The first kappa shape index (κ1) is 30.4. The minimum Gasteiger partial charge on any atom is -0.469 e. The van der Waals surface area contributed by atoms with Gasteiger partial charge in [0.25, 0.3) is 0 Å². The molecule has 0 aliphatic heterocycles. The molecule has 2 atom stereocenters. The lowest BCUT2D eigenvalue weighted by Crippen LogP contribution is -2.54. The first-order chi connectivity index (χ1) is 17.1. The third-order valence-electron chi connectivity index (χ3n) is 5.28. The quantitative estimate of drug-likeness (QED) is 0.147. The van der Waals surface area contributed by atoms with Gasteiger partial charge in [-0.05, 0) is 42.9 Å². The molecule has 1 aromatic rings. The van der Waals surface area contributed by atoms with Crippen molar-refractivity contribution in [2.45, 2.75) is 64.6 Å². The molecule has 0 aromatic heterocycles. The molecule has 1 unspecified atom stereocenters. The van der Waals surface area contributed by atoms with Crippen molar-refractivity contribution >= 4 is 35.4 Å². The maximum Gasteiger partial charge on any atom is 0.312 e. The van der Waals surface area contributed by atoms with Crippen molar-refractivity contribution in [3.05, 3.63) is 29.8 Å². The monoisotopic (exact) mass is 507 g/mol. The number of benzene rings is 1. The lowest BCUT2D eigenvalue weighted by atomic mass is 10.0. The smallest absolute Gasteiger partial charge is 0.312 e. The molecule has 0 fully saturated rings. The highest BCUT2D eigenvalue weighted by atomic mass is 16.5. The number of aliphatic hydroxyl groups is 1. The summed E-state index contributed by atoms with van der Waals surface area (Å²) in [7, 11) is 1.27. The fourth-order valence-corrected chi connectivity index (χ4v) is 3.25. The summed E-state index contributed by atoms with van der Waals surface area (Å²) in [6.45, 7) is 3.59. The Labute approximate surface area is 210 Å². The number of carbonyl (C=O) groups excluding carboxylic acids is 5. The highest BCUT2D eigenvalue weighted by molar-refractivity contribution is 5.98. The molecule has 7 N–H and O–H groups in total. The Morgan fingerprint density at radius 1 is 0.972 bits per heavy atom. The van der Waals surface area contributed by atoms with E-state index in [9.17, 15) is 29.1 Å². The number of hydrogen-bond donors (Lipinski definition) is 6. The van der Waals surface area contributed by atoms with Gasteiger partial charge < -0.3 is 36.8 Å². The highest BCUT2D eigenvalue weighted by Crippen LogP contribution is 2.12. The predicted molar refractivity (Wildman–Crippen MR) is 132 cm³/mol. The average molecular weight is 508 g/mol. The number of nitrogens with one attached hydrogen (secondary N) is 4. The topological polar surface area (TPSA) is 189 Å². The van der Waals surface area contributed by atoms with Crippen LogP contribution in [0.1, 0.15) is 51.5 Å². The molecule has 0 spiro atoms. The van der Waals surface area contributed by atoms with Crippen molar-refractivity contribution in [2.24, 2.45) is 11.7 Å². The van der Waals surface area contributed by atoms with Gasteiger partial charge in [0.15, 0.2) is 0 Å². The van der Waals surface area contributed by atoms with E-state index in [-0.39, 0.29) is 44.8 Å². The fraction of sp³-hybridized carbons (Fsp3) is 0.542. The van der Waals surface area contributed by atoms with Crippen LogP contribution >= 0.6 is 0 Å². The van der Waals surface area contributed by atoms with Crippen molar-refractivity contribution in [1.82, 2.24) is 16.0 Å². The number of aliphatic hydroxyl groups excluding tert-OH is 1. The lowest BCUT2D eigenvalue weighted by molar-refractivity contribution is -0.140. The molecule has 0 heterocycles. The van der Waals surface area contributed by atoms with E-state index in [0.29, 0.717) is 17.7 Å². The molecular formula is C24H37N5O7. The van der Waals surface area contributed by atoms with Crippen LogP contribution in [0.3, 0.4) is 0 Å². The number of methoxy groups -OCH3 is 1. The number of primary amides is 1. The second-order valence-corrected chi connectivity index (χ2v) is 8.56. The molecule has 12 nitrogen and oxygen atoms in total. The number of urea groups is 1. The minimum absolute atomic E-state index is 0.0398. The van der Waals surface area contributed by atoms with Gasteiger partial charge >= 0.3 is 12.0 Å². The zero-order valence-corrected chi connectivity index (χ0v) is 21.0. The first-order valence-corrected chi connectivity index (χ1v) is 11.8. The van der Waals surface area contributed by atoms with Gasteiger partial charge in [0.05, 0.1) is 13.7 Å². The van der Waals surface area contributed by atoms with Crippen molar-refractivity contribution in [2.75, 3.05) is 19.0 Å². The number of ether oxygens (including phenoxy) is 1. The van der Waals surface area contributed by atoms with E-state index in [1.54, 1.807) is 38.1 Å². The summed E-state index contributed by atoms with van der Waals surface area (Å²) in [6.07, 6.45) is 0.959. The number of rotatable bonds is 15. The normalized spacial score (nSPS) is 12.2. The van der Waals surface area contributed by atoms with Gasteiger partial charge in [-0.15, -0.1) is 0 Å². The molecule has 0 saturated carbocycles. The molecule has 1 aromatic carbocycles. The summed E-state index contributed by atoms with van der Waals surface area (Å²) in [4.78, 5) is 60.5. The molecule has 5 amide bonds. The number of anilines is 1. The molecule has 200 valence electrons. The Balaban J connectivity index is 2.85. The Morgan fingerprint density at radius 2 is 1.64 bits per heavy atom. The molecule has 0 aliphatic carbocycles. The summed E-state index contributed by atoms with van der Waals surface area (Å²) >= 11 is 0. The van der Waals surface area contributed by atoms with E-state index >= 15 is 0 Å². The van der Waals surface area contributed by atoms with E-state index in [1.165, 1.54) is 7.11 Å². The molecule has 0 aliphatic rings. The molecule has 1 rings (SSSR count). The largest absolute Gasteiger partial charge is 0.469 e. The van der Waals surface area contributed by atoms with Crippen LogP contribution in [0, 0.1) is 5.92 Å². The minimum atomic E-state index is -0.956. The van der Waals surface area contributed by atoms with Gasteiger partial charge in [-0.1, -0.05) is 26.0 Å². The lowest BCUT2D eigenvalue weighted by Gasteiger charge is -2.25. The van der Waals surface area contributed by atoms with Crippen LogP contribution in [-0.2, 0) is 30.5 Å². The van der Waals surface area contributed by atoms with Crippen LogP contribution in [0.25, 0.3) is 0 Å². The van der Waals surface area contributed by atoms with Crippen LogP contribution in [0.2, 0.25) is 0 Å². The SMILES string of the molecule is COC(=O)CCCC(=O)NC(C(=O)N[C@@H](CCCNC(N)=O)C(=O)Nc1ccc(CO)cc1)C(C)C. The second-order valence-electron chi connectivity index (χ2n) is 8.56. The average Bonchev–Trinajstić information content (AvgIpc) is 2.84. The zero-order chi connectivity index (χ0) is 27.1. The van der Waals surface area contributed by atoms with Gasteiger partial charge in [0.2, 0.25) is 17.7 Å². The van der Waals surface area contributed by atoms with Crippen molar-refractivity contribution < 1.29 is 33.8 Å². The van der Waals surface area contributed by atoms with Crippen LogP contribution < -0.4 is 27.0 Å². The Morgan fingerprint density at radius 3 is 2.19 bits per heavy atom. The van der Waals surface area contributed by atoms with Crippen molar-refractivity contribution in [3.63, 3.8) is 0 Å². The van der Waals surface area contributed by atoms with Crippen LogP contribution in [-0.4, -0.2) is 60.6 Å². The Hall–Kier alpha value is -3.67. The Kier molecular flexibility index (Phi) is 13.6. The van der Waals surface area contributed by atoms with Crippen molar-refractivity contribution in [3.8, 4) is 0 Å². The Bertz CT molecular complexity index is 889. The molecule has 0 radical (unpaired) electrons. The van der Waals surface area contributed by atoms with Crippen LogP contribution in [0.15, 0.2) is 24.3 Å². The number of carbonyl (C=O) groups is 5. The third-order valence-corrected chi connectivity index (χ3v) is 5.28. The maximum atomic E-state index is 13.0. The van der Waals surface area contributed by atoms with Gasteiger partial charge in [0, 0.05) is 25.1 Å². The van der Waals surface area contributed by atoms with Gasteiger partial charge in [0.1, 0.15) is 12.1 Å². The molecular weight excluding hydrogens is 470 g/mol. The number of nitrogens with two attached hydrogens (primary N) is 1. The predicted octanol–water partition coefficient (Wildman–Crippen LogP) is 0.535. The number of amides is 5. The van der Waals surface area contributed by atoms with Gasteiger partial charge in [-0.3, -0.25) is 19.2 Å². The summed E-state index contributed by atoms with van der Waals surface area (Å²) < 4.78 is 4.55. The second kappa shape index (κ2) is 16.1. The molecule has 12 heteroatoms. The fourth-order valence-electron chi connectivity index (χ4n) is 3.25. The van der Waals surface area contributed by atoms with E-state index < -0.39 is 41.8 Å². The zero-order valence-electron chi connectivity index (χ0n) is 21.0. The van der Waals surface area contributed by atoms with Crippen LogP contribution in [0.5, 0.6) is 0 Å². The third kappa shape index (κ3) is 11.6. The van der Waals surface area contributed by atoms with Crippen molar-refractivity contribution in [1.29, 1.82) is 0 Å². The highest BCUT2D eigenvalue weighted by Gasteiger charge is 2.28. The summed E-state index contributed by atoms with van der Waals surface area (Å²) in [5.41, 5.74) is 6.23. The standard InChI is InChI=1S/C24H37N5O7/c1-15(2)21(29-19(31)7-4-8-20(32)36-3)23(34)28-18(6-5-13-26-24(25)35)22(33)27-17-11-9-16(14-30)10-12-17/h9-12,15,18,21,30H,4-8,13-14H2,1-3H3,(H,27,33)(H,28,34)(H,29,31)(H3,25,26,35)/t18-,21?/m0/s1. The van der Waals surface area contributed by atoms with Crippen LogP contribution in [0.4, 0.5) is 10.5 Å². The van der Waals surface area contributed by atoms with Gasteiger partial charge in [-0.2, -0.15) is 0 Å². The van der Waals surface area contributed by atoms with E-state index in [0.717, 1.165) is 0 Å². The molecule has 0 bridgehead atoms. The summed E-state index contributed by atoms with van der Waals surface area (Å²) in [5.74, 6) is -2.12. The number of hydrogen-bond acceptors (Lipinski definition) is 7. The van der Waals surface area contributed by atoms with E-state index in [2.05, 4.69) is 26.0 Å². The maximum absolute atomic E-state index is 13.0. The van der Waals surface area contributed by atoms with E-state index in [1.807, 2.05) is 0 Å². The molecule has 36 heavy (non-hydrogen) atoms. The summed E-state index contributed by atoms with van der Waals surface area (Å²) in [5, 5.41) is 19.7. The molecule has 0 saturated heterocycles.